The average Bonchev–Trinajstić information content (AvgIpc) is 3.13. The lowest BCUT2D eigenvalue weighted by molar-refractivity contribution is -0.385. The van der Waals surface area contributed by atoms with Crippen molar-refractivity contribution in [1.29, 1.82) is 0 Å². The summed E-state index contributed by atoms with van der Waals surface area (Å²) >= 11 is 1.22. The van der Waals surface area contributed by atoms with Gasteiger partial charge >= 0.3 is 6.09 Å². The average molecular weight is 422 g/mol. The molecule has 0 radical (unpaired) electrons. The third kappa shape index (κ3) is 4.06. The molecule has 0 unspecified atom stereocenters. The first-order chi connectivity index (χ1) is 13.9. The Morgan fingerprint density at radius 1 is 1.24 bits per heavy atom. The summed E-state index contributed by atoms with van der Waals surface area (Å²) in [6.07, 6.45) is -0.174. The van der Waals surface area contributed by atoms with Crippen LogP contribution in [0.5, 0.6) is 11.5 Å². The number of aromatic nitrogens is 1. The summed E-state index contributed by atoms with van der Waals surface area (Å²) in [6.45, 7) is 0.554. The molecule has 0 atom stereocenters. The minimum absolute atomic E-state index is 0.0893. The van der Waals surface area contributed by atoms with Crippen LogP contribution in [0.25, 0.3) is 0 Å². The fourth-order valence-electron chi connectivity index (χ4n) is 2.92. The number of fused-ring (bicyclic) bond motifs is 1. The zero-order valence-electron chi connectivity index (χ0n) is 15.9. The van der Waals surface area contributed by atoms with Crippen LogP contribution >= 0.6 is 11.3 Å². The molecule has 0 fully saturated rings. The van der Waals surface area contributed by atoms with E-state index in [9.17, 15) is 19.7 Å². The monoisotopic (exact) mass is 422 g/mol. The number of nitro benzene ring substituents is 1. The van der Waals surface area contributed by atoms with Crippen LogP contribution in [0.1, 0.15) is 20.9 Å². The Balaban J connectivity index is 1.88. The van der Waals surface area contributed by atoms with E-state index in [4.69, 9.17) is 9.47 Å². The number of nitrogens with zero attached hydrogens (tertiary/aromatic N) is 3. The number of thiazole rings is 1. The third-order valence-corrected chi connectivity index (χ3v) is 5.34. The Morgan fingerprint density at radius 3 is 2.55 bits per heavy atom. The van der Waals surface area contributed by atoms with Gasteiger partial charge in [-0.05, 0) is 0 Å². The predicted octanol–water partition coefficient (Wildman–Crippen LogP) is 2.45. The largest absolute Gasteiger partial charge is 0.493 e. The molecule has 0 bridgehead atoms. The van der Waals surface area contributed by atoms with Crippen LogP contribution in [0.15, 0.2) is 12.1 Å². The zero-order chi connectivity index (χ0) is 21.1. The zero-order valence-corrected chi connectivity index (χ0v) is 16.7. The minimum atomic E-state index is -0.634. The molecule has 0 saturated carbocycles. The molecule has 1 aliphatic heterocycles. The van der Waals surface area contributed by atoms with E-state index in [-0.39, 0.29) is 29.3 Å². The van der Waals surface area contributed by atoms with Gasteiger partial charge in [-0.1, -0.05) is 11.3 Å². The van der Waals surface area contributed by atoms with Crippen LogP contribution in [-0.4, -0.2) is 54.7 Å². The lowest BCUT2D eigenvalue weighted by Crippen LogP contribution is -2.35. The summed E-state index contributed by atoms with van der Waals surface area (Å²) in [5.74, 6) is -0.113. The molecule has 2 heterocycles. The number of hydrogen-bond acceptors (Lipinski definition) is 9. The number of amides is 2. The quantitative estimate of drug-likeness (QED) is 0.574. The minimum Gasteiger partial charge on any atom is -0.493 e. The molecule has 1 aromatic carbocycles. The number of nitro groups is 1. The van der Waals surface area contributed by atoms with Crippen LogP contribution < -0.4 is 14.8 Å². The van der Waals surface area contributed by atoms with Gasteiger partial charge in [0, 0.05) is 23.9 Å². The van der Waals surface area contributed by atoms with Crippen LogP contribution in [0.3, 0.4) is 0 Å². The van der Waals surface area contributed by atoms with Crippen molar-refractivity contribution in [3.8, 4) is 11.5 Å². The van der Waals surface area contributed by atoms with E-state index in [2.05, 4.69) is 15.0 Å². The van der Waals surface area contributed by atoms with Crippen molar-refractivity contribution in [2.45, 2.75) is 13.0 Å². The second-order valence-electron chi connectivity index (χ2n) is 5.96. The highest BCUT2D eigenvalue weighted by molar-refractivity contribution is 7.15. The second-order valence-corrected chi connectivity index (χ2v) is 7.05. The molecular weight excluding hydrogens is 404 g/mol. The van der Waals surface area contributed by atoms with E-state index in [1.54, 1.807) is 0 Å². The highest BCUT2D eigenvalue weighted by Crippen LogP contribution is 2.36. The number of nitrogens with one attached hydrogen (secondary N) is 1. The fourth-order valence-corrected chi connectivity index (χ4v) is 3.93. The first kappa shape index (κ1) is 20.3. The molecule has 154 valence electrons. The Labute approximate surface area is 169 Å². The lowest BCUT2D eigenvalue weighted by Gasteiger charge is -2.26. The smallest absolute Gasteiger partial charge is 0.413 e. The normalized spacial score (nSPS) is 12.7. The summed E-state index contributed by atoms with van der Waals surface area (Å²) in [5.41, 5.74) is 0.316. The molecule has 1 N–H and O–H groups in total. The maximum Gasteiger partial charge on any atom is 0.413 e. The second kappa shape index (κ2) is 8.31. The number of methoxy groups -OCH3 is 3. The summed E-state index contributed by atoms with van der Waals surface area (Å²) in [7, 11) is 4.00. The number of hydrogen-bond donors (Lipinski definition) is 1. The Morgan fingerprint density at radius 2 is 1.93 bits per heavy atom. The number of rotatable bonds is 5. The molecule has 3 rings (SSSR count). The van der Waals surface area contributed by atoms with Crippen molar-refractivity contribution in [2.75, 3.05) is 33.2 Å². The molecule has 11 nitrogen and oxygen atoms in total. The SMILES string of the molecule is COC(=O)Nc1nc2c(s1)CN(C(=O)c1cc(OC)c(OC)cc1[N+](=O)[O-])CC2. The van der Waals surface area contributed by atoms with Gasteiger partial charge in [-0.2, -0.15) is 0 Å². The van der Waals surface area contributed by atoms with Crippen LogP contribution in [0, 0.1) is 10.1 Å². The lowest BCUT2D eigenvalue weighted by atomic mass is 10.1. The Kier molecular flexibility index (Phi) is 5.82. The molecule has 1 aromatic heterocycles. The van der Waals surface area contributed by atoms with Crippen molar-refractivity contribution in [2.24, 2.45) is 0 Å². The van der Waals surface area contributed by atoms with Crippen LogP contribution in [-0.2, 0) is 17.7 Å². The van der Waals surface area contributed by atoms with E-state index >= 15 is 0 Å². The van der Waals surface area contributed by atoms with E-state index < -0.39 is 16.9 Å². The first-order valence-corrected chi connectivity index (χ1v) is 9.22. The molecular formula is C17H18N4O7S. The van der Waals surface area contributed by atoms with Gasteiger partial charge in [-0.3, -0.25) is 20.2 Å². The van der Waals surface area contributed by atoms with Gasteiger partial charge in [-0.15, -0.1) is 0 Å². The molecule has 2 amide bonds. The summed E-state index contributed by atoms with van der Waals surface area (Å²) in [5, 5.41) is 14.4. The van der Waals surface area contributed by atoms with Gasteiger partial charge in [0.2, 0.25) is 0 Å². The maximum absolute atomic E-state index is 13.1. The summed E-state index contributed by atoms with van der Waals surface area (Å²) in [4.78, 5) is 41.9. The van der Waals surface area contributed by atoms with Crippen molar-refractivity contribution in [3.63, 3.8) is 0 Å². The predicted molar refractivity (Wildman–Crippen MR) is 103 cm³/mol. The number of anilines is 1. The van der Waals surface area contributed by atoms with Crippen molar-refractivity contribution in [3.05, 3.63) is 38.4 Å². The number of carbonyl (C=O) groups is 2. The van der Waals surface area contributed by atoms with Crippen molar-refractivity contribution < 1.29 is 28.7 Å². The van der Waals surface area contributed by atoms with E-state index in [0.717, 1.165) is 10.6 Å². The van der Waals surface area contributed by atoms with Crippen molar-refractivity contribution >= 4 is 34.2 Å². The topological polar surface area (TPSA) is 133 Å². The molecule has 29 heavy (non-hydrogen) atoms. The maximum atomic E-state index is 13.1. The molecule has 0 aliphatic carbocycles. The van der Waals surface area contributed by atoms with Gasteiger partial charge in [0.05, 0.1) is 44.6 Å². The molecule has 2 aromatic rings. The first-order valence-electron chi connectivity index (χ1n) is 8.41. The van der Waals surface area contributed by atoms with E-state index in [1.807, 2.05) is 0 Å². The number of carbonyl (C=O) groups excluding carboxylic acids is 2. The highest BCUT2D eigenvalue weighted by Gasteiger charge is 2.31. The van der Waals surface area contributed by atoms with Gasteiger partial charge in [0.25, 0.3) is 11.6 Å². The van der Waals surface area contributed by atoms with Gasteiger partial charge in [0.1, 0.15) is 5.56 Å². The van der Waals surface area contributed by atoms with E-state index in [0.29, 0.717) is 18.1 Å². The number of benzene rings is 1. The molecule has 0 saturated heterocycles. The summed E-state index contributed by atoms with van der Waals surface area (Å²) < 4.78 is 14.8. The van der Waals surface area contributed by atoms with Crippen LogP contribution in [0.2, 0.25) is 0 Å². The molecule has 1 aliphatic rings. The molecule has 0 spiro atoms. The van der Waals surface area contributed by atoms with E-state index in [1.165, 1.54) is 49.7 Å². The van der Waals surface area contributed by atoms with Gasteiger partial charge < -0.3 is 19.1 Å². The fraction of sp³-hybridized carbons (Fsp3) is 0.353. The third-order valence-electron chi connectivity index (χ3n) is 4.34. The summed E-state index contributed by atoms with van der Waals surface area (Å²) in [6, 6.07) is 2.48. The molecule has 12 heteroatoms. The Hall–Kier alpha value is -3.41. The van der Waals surface area contributed by atoms with Gasteiger partial charge in [-0.25, -0.2) is 9.78 Å². The van der Waals surface area contributed by atoms with Crippen LogP contribution in [0.4, 0.5) is 15.6 Å². The standard InChI is InChI=1S/C17H18N4O7S/c1-26-12-6-9(11(21(24)25)7-13(12)27-2)15(22)20-5-4-10-14(8-20)29-16(18-10)19-17(23)28-3/h6-7H,4-5,8H2,1-3H3,(H,18,19,23). The van der Waals surface area contributed by atoms with Gasteiger partial charge in [0.15, 0.2) is 16.6 Å². The number of ether oxygens (including phenoxy) is 3. The highest BCUT2D eigenvalue weighted by atomic mass is 32.1. The van der Waals surface area contributed by atoms with Crippen molar-refractivity contribution in [1.82, 2.24) is 9.88 Å². The Bertz CT molecular complexity index is 975.